The van der Waals surface area contributed by atoms with Gasteiger partial charge in [-0.25, -0.2) is 5.84 Å². The monoisotopic (exact) mass is 161 g/mol. The predicted octanol–water partition coefficient (Wildman–Crippen LogP) is 0.322. The number of nitrogens with one attached hydrogen (secondary N) is 1. The van der Waals surface area contributed by atoms with Gasteiger partial charge in [-0.2, -0.15) is 0 Å². The first-order chi connectivity index (χ1) is 4.57. The molecule has 0 aliphatic heterocycles. The number of nitrogens with zero attached hydrogens (tertiary/aromatic N) is 1. The number of hydrogen-bond acceptors (Lipinski definition) is 2. The maximum atomic E-state index is 5.56. The Morgan fingerprint density at radius 1 is 1.70 bits per heavy atom. The molecule has 0 aromatic rings. The number of thiocarbonyl (C=S) groups is 1. The molecule has 0 rings (SSSR count). The van der Waals surface area contributed by atoms with Gasteiger partial charge in [-0.3, -0.25) is 5.01 Å². The molecule has 0 radical (unpaired) electrons. The molecule has 4 heteroatoms. The molecule has 0 bridgehead atoms. The number of nitrogens with two attached hydrogens (primary N) is 1. The molecule has 0 aliphatic rings. The third kappa shape index (κ3) is 3.63. The zero-order valence-corrected chi connectivity index (χ0v) is 7.53. The lowest BCUT2D eigenvalue weighted by Crippen LogP contribution is -2.44. The summed E-state index contributed by atoms with van der Waals surface area (Å²) in [6, 6.07) is 0. The first-order valence-corrected chi connectivity index (χ1v) is 3.72. The van der Waals surface area contributed by atoms with Gasteiger partial charge in [0.15, 0.2) is 5.11 Å². The minimum Gasteiger partial charge on any atom is -0.365 e. The van der Waals surface area contributed by atoms with E-state index in [-0.39, 0.29) is 0 Å². The van der Waals surface area contributed by atoms with Gasteiger partial charge >= 0.3 is 0 Å². The van der Waals surface area contributed by atoms with Gasteiger partial charge in [-0.15, -0.1) is 0 Å². The van der Waals surface area contributed by atoms with E-state index < -0.39 is 0 Å². The van der Waals surface area contributed by atoms with E-state index in [1.165, 1.54) is 0 Å². The van der Waals surface area contributed by atoms with Crippen molar-refractivity contribution in [1.29, 1.82) is 0 Å². The number of hydrazine groups is 1. The Bertz CT molecular complexity index is 114. The molecule has 0 unspecified atom stereocenters. The molecule has 0 spiro atoms. The lowest BCUT2D eigenvalue weighted by molar-refractivity contribution is 0.376. The third-order valence-electron chi connectivity index (χ3n) is 1.04. The van der Waals surface area contributed by atoms with Crippen LogP contribution in [0.25, 0.3) is 0 Å². The standard InChI is InChI=1S/C6H15N3S/c1-5(2)4-9(7)6(10)8-3/h5H,4,7H2,1-3H3,(H,8,10). The van der Waals surface area contributed by atoms with Gasteiger partial charge in [0.1, 0.15) is 0 Å². The summed E-state index contributed by atoms with van der Waals surface area (Å²) in [5, 5.41) is 4.94. The van der Waals surface area contributed by atoms with Crippen LogP contribution in [0.4, 0.5) is 0 Å². The van der Waals surface area contributed by atoms with Crippen LogP contribution in [0.3, 0.4) is 0 Å². The minimum atomic E-state index is 0.538. The molecule has 0 aromatic carbocycles. The summed E-state index contributed by atoms with van der Waals surface area (Å²) in [5.74, 6) is 6.10. The second-order valence-corrected chi connectivity index (χ2v) is 2.99. The van der Waals surface area contributed by atoms with Crippen molar-refractivity contribution >= 4 is 17.3 Å². The van der Waals surface area contributed by atoms with E-state index in [1.807, 2.05) is 0 Å². The highest BCUT2D eigenvalue weighted by Crippen LogP contribution is 1.93. The zero-order chi connectivity index (χ0) is 8.15. The van der Waals surface area contributed by atoms with E-state index in [9.17, 15) is 0 Å². The molecule has 0 saturated carbocycles. The molecule has 0 amide bonds. The molecule has 0 saturated heterocycles. The summed E-state index contributed by atoms with van der Waals surface area (Å²) in [6.07, 6.45) is 0. The Labute approximate surface area is 67.5 Å². The Morgan fingerprint density at radius 2 is 2.20 bits per heavy atom. The molecule has 0 atom stereocenters. The van der Waals surface area contributed by atoms with Gasteiger partial charge < -0.3 is 5.32 Å². The molecule has 3 N–H and O–H groups in total. The Balaban J connectivity index is 3.61. The van der Waals surface area contributed by atoms with E-state index >= 15 is 0 Å². The quantitative estimate of drug-likeness (QED) is 0.348. The predicted molar refractivity (Wildman–Crippen MR) is 47.4 cm³/mol. The Morgan fingerprint density at radius 3 is 2.50 bits per heavy atom. The van der Waals surface area contributed by atoms with Crippen molar-refractivity contribution < 1.29 is 0 Å². The van der Waals surface area contributed by atoms with E-state index in [1.54, 1.807) is 12.1 Å². The topological polar surface area (TPSA) is 41.3 Å². The van der Waals surface area contributed by atoms with Crippen LogP contribution in [-0.2, 0) is 0 Å². The molecular weight excluding hydrogens is 146 g/mol. The van der Waals surface area contributed by atoms with Crippen LogP contribution in [0.2, 0.25) is 0 Å². The first kappa shape index (κ1) is 9.65. The van der Waals surface area contributed by atoms with Crippen LogP contribution < -0.4 is 11.2 Å². The average Bonchev–Trinajstić information content (AvgIpc) is 1.85. The van der Waals surface area contributed by atoms with Gasteiger partial charge in [0.25, 0.3) is 0 Å². The SMILES string of the molecule is CNC(=S)N(N)CC(C)C. The normalized spacial score (nSPS) is 9.70. The zero-order valence-electron chi connectivity index (χ0n) is 6.72. The van der Waals surface area contributed by atoms with Gasteiger partial charge in [0, 0.05) is 13.6 Å². The molecule has 3 nitrogen and oxygen atoms in total. The summed E-state index contributed by atoms with van der Waals surface area (Å²) >= 11 is 4.89. The molecule has 0 fully saturated rings. The number of rotatable bonds is 2. The highest BCUT2D eigenvalue weighted by molar-refractivity contribution is 7.80. The smallest absolute Gasteiger partial charge is 0.183 e. The van der Waals surface area contributed by atoms with Crippen molar-refractivity contribution in [3.8, 4) is 0 Å². The molecular formula is C6H15N3S. The molecule has 0 aliphatic carbocycles. The average molecular weight is 161 g/mol. The van der Waals surface area contributed by atoms with Crippen molar-refractivity contribution in [3.05, 3.63) is 0 Å². The van der Waals surface area contributed by atoms with Crippen molar-refractivity contribution in [3.63, 3.8) is 0 Å². The fourth-order valence-electron chi connectivity index (χ4n) is 0.620. The van der Waals surface area contributed by atoms with Crippen LogP contribution >= 0.6 is 12.2 Å². The fourth-order valence-corrected chi connectivity index (χ4v) is 0.694. The largest absolute Gasteiger partial charge is 0.365 e. The van der Waals surface area contributed by atoms with E-state index in [0.717, 1.165) is 6.54 Å². The lowest BCUT2D eigenvalue weighted by Gasteiger charge is -2.20. The van der Waals surface area contributed by atoms with Crippen molar-refractivity contribution in [2.75, 3.05) is 13.6 Å². The van der Waals surface area contributed by atoms with E-state index in [0.29, 0.717) is 11.0 Å². The van der Waals surface area contributed by atoms with Crippen molar-refractivity contribution in [2.24, 2.45) is 11.8 Å². The second kappa shape index (κ2) is 4.46. The molecule has 0 heterocycles. The van der Waals surface area contributed by atoms with Crippen LogP contribution in [0.5, 0.6) is 0 Å². The highest BCUT2D eigenvalue weighted by Gasteiger charge is 2.03. The van der Waals surface area contributed by atoms with Crippen LogP contribution in [0, 0.1) is 5.92 Å². The highest BCUT2D eigenvalue weighted by atomic mass is 32.1. The Kier molecular flexibility index (Phi) is 4.31. The summed E-state index contributed by atoms with van der Waals surface area (Å²) in [5.41, 5.74) is 0. The van der Waals surface area contributed by atoms with Crippen molar-refractivity contribution in [1.82, 2.24) is 10.3 Å². The maximum absolute atomic E-state index is 5.56. The first-order valence-electron chi connectivity index (χ1n) is 3.32. The van der Waals surface area contributed by atoms with Crippen LogP contribution in [-0.4, -0.2) is 23.7 Å². The number of hydrogen-bond donors (Lipinski definition) is 2. The molecule has 60 valence electrons. The maximum Gasteiger partial charge on any atom is 0.183 e. The lowest BCUT2D eigenvalue weighted by atomic mass is 10.2. The van der Waals surface area contributed by atoms with Crippen LogP contribution in [0.15, 0.2) is 0 Å². The molecule has 0 aromatic heterocycles. The second-order valence-electron chi connectivity index (χ2n) is 2.60. The van der Waals surface area contributed by atoms with Crippen molar-refractivity contribution in [2.45, 2.75) is 13.8 Å². The van der Waals surface area contributed by atoms with Gasteiger partial charge in [-0.1, -0.05) is 13.8 Å². The summed E-state index contributed by atoms with van der Waals surface area (Å²) in [7, 11) is 1.77. The summed E-state index contributed by atoms with van der Waals surface area (Å²) < 4.78 is 0. The van der Waals surface area contributed by atoms with E-state index in [4.69, 9.17) is 18.1 Å². The van der Waals surface area contributed by atoms with Gasteiger partial charge in [0.2, 0.25) is 0 Å². The van der Waals surface area contributed by atoms with Gasteiger partial charge in [-0.05, 0) is 18.1 Å². The van der Waals surface area contributed by atoms with E-state index in [2.05, 4.69) is 19.2 Å². The minimum absolute atomic E-state index is 0.538. The van der Waals surface area contributed by atoms with Crippen LogP contribution in [0.1, 0.15) is 13.8 Å². The summed E-state index contributed by atoms with van der Waals surface area (Å²) in [4.78, 5) is 0. The van der Waals surface area contributed by atoms with Gasteiger partial charge in [0.05, 0.1) is 0 Å². The molecule has 10 heavy (non-hydrogen) atoms. The fraction of sp³-hybridized carbons (Fsp3) is 0.833. The summed E-state index contributed by atoms with van der Waals surface area (Å²) in [6.45, 7) is 4.98. The Hall–Kier alpha value is -0.350. The third-order valence-corrected chi connectivity index (χ3v) is 1.48.